The maximum absolute atomic E-state index is 13.1. The lowest BCUT2D eigenvalue weighted by Gasteiger charge is -2.19. The number of imidazole rings is 1. The Morgan fingerprint density at radius 3 is 2.38 bits per heavy atom. The minimum Gasteiger partial charge on any atom is -0.294 e. The summed E-state index contributed by atoms with van der Waals surface area (Å²) in [5.74, 6) is 0.633. The number of nitrogens with zero attached hydrogens (tertiary/aromatic N) is 5. The molecule has 4 rings (SSSR count). The molecule has 164 valence electrons. The van der Waals surface area contributed by atoms with Gasteiger partial charge in [-0.15, -0.1) is 5.10 Å². The fourth-order valence-electron chi connectivity index (χ4n) is 3.76. The number of aromatic nitrogens is 6. The molecule has 7 heteroatoms. The lowest BCUT2D eigenvalue weighted by atomic mass is 9.98. The number of aromatic amines is 1. The Labute approximate surface area is 187 Å². The van der Waals surface area contributed by atoms with Gasteiger partial charge in [0, 0.05) is 29.4 Å². The summed E-state index contributed by atoms with van der Waals surface area (Å²) in [5.41, 5.74) is 4.88. The Morgan fingerprint density at radius 1 is 1.03 bits per heavy atom. The number of nitrogens with one attached hydrogen (secondary N) is 1. The average molecular weight is 429 g/mol. The molecule has 0 fully saturated rings. The van der Waals surface area contributed by atoms with E-state index in [0.717, 1.165) is 34.4 Å². The SMILES string of the molecule is CC=CCc1cn(C(C)(C)C)c(=O)n1Cc1ccc(-c2ccccc2-c2nnn[nH]2)cc1. The molecular weight excluding hydrogens is 400 g/mol. The zero-order valence-corrected chi connectivity index (χ0v) is 18.9. The third-order valence-electron chi connectivity index (χ3n) is 5.48. The Hall–Kier alpha value is -3.74. The Balaban J connectivity index is 1.66. The van der Waals surface area contributed by atoms with E-state index in [4.69, 9.17) is 0 Å². The molecule has 0 saturated carbocycles. The summed E-state index contributed by atoms with van der Waals surface area (Å²) >= 11 is 0. The summed E-state index contributed by atoms with van der Waals surface area (Å²) < 4.78 is 3.69. The van der Waals surface area contributed by atoms with Crippen LogP contribution in [0.1, 0.15) is 39.0 Å². The average Bonchev–Trinajstić information content (AvgIpc) is 3.42. The van der Waals surface area contributed by atoms with Crippen molar-refractivity contribution in [3.05, 3.63) is 88.6 Å². The first-order chi connectivity index (χ1) is 15.4. The number of allylic oxidation sites excluding steroid dienone is 2. The number of rotatable bonds is 6. The molecular formula is C25H28N6O. The van der Waals surface area contributed by atoms with E-state index >= 15 is 0 Å². The van der Waals surface area contributed by atoms with E-state index in [9.17, 15) is 4.79 Å². The summed E-state index contributed by atoms with van der Waals surface area (Å²) in [6.45, 7) is 8.68. The van der Waals surface area contributed by atoms with Crippen molar-refractivity contribution in [3.8, 4) is 22.5 Å². The van der Waals surface area contributed by atoms with Crippen molar-refractivity contribution >= 4 is 0 Å². The molecule has 1 N–H and O–H groups in total. The minimum absolute atomic E-state index is 0.0178. The van der Waals surface area contributed by atoms with E-state index in [2.05, 4.69) is 77.8 Å². The molecule has 0 unspecified atom stereocenters. The molecule has 2 aromatic heterocycles. The van der Waals surface area contributed by atoms with Crippen LogP contribution in [0.4, 0.5) is 0 Å². The third-order valence-corrected chi connectivity index (χ3v) is 5.48. The van der Waals surface area contributed by atoms with Gasteiger partial charge in [0.15, 0.2) is 5.82 Å². The van der Waals surface area contributed by atoms with Crippen LogP contribution in [0.15, 0.2) is 71.7 Å². The van der Waals surface area contributed by atoms with Crippen LogP contribution >= 0.6 is 0 Å². The highest BCUT2D eigenvalue weighted by Gasteiger charge is 2.20. The second kappa shape index (κ2) is 8.78. The van der Waals surface area contributed by atoms with Crippen LogP contribution in [-0.4, -0.2) is 29.8 Å². The molecule has 0 aliphatic carbocycles. The van der Waals surface area contributed by atoms with Crippen molar-refractivity contribution in [3.63, 3.8) is 0 Å². The highest BCUT2D eigenvalue weighted by Crippen LogP contribution is 2.29. The van der Waals surface area contributed by atoms with Crippen LogP contribution in [0.5, 0.6) is 0 Å². The topological polar surface area (TPSA) is 81.4 Å². The van der Waals surface area contributed by atoms with Gasteiger partial charge in [-0.25, -0.2) is 9.89 Å². The molecule has 0 bridgehead atoms. The minimum atomic E-state index is -0.268. The van der Waals surface area contributed by atoms with Gasteiger partial charge in [-0.05, 0) is 54.8 Å². The molecule has 0 aliphatic rings. The van der Waals surface area contributed by atoms with Crippen LogP contribution in [0, 0.1) is 0 Å². The van der Waals surface area contributed by atoms with E-state index < -0.39 is 0 Å². The largest absolute Gasteiger partial charge is 0.329 e. The van der Waals surface area contributed by atoms with E-state index in [1.807, 2.05) is 46.5 Å². The van der Waals surface area contributed by atoms with Crippen molar-refractivity contribution in [2.75, 3.05) is 0 Å². The van der Waals surface area contributed by atoms with Crippen molar-refractivity contribution in [1.82, 2.24) is 29.8 Å². The Morgan fingerprint density at radius 2 is 1.75 bits per heavy atom. The van der Waals surface area contributed by atoms with Gasteiger partial charge in [-0.3, -0.25) is 9.13 Å². The second-order valence-electron chi connectivity index (χ2n) is 8.80. The van der Waals surface area contributed by atoms with Gasteiger partial charge < -0.3 is 0 Å². The van der Waals surface area contributed by atoms with E-state index in [-0.39, 0.29) is 11.2 Å². The highest BCUT2D eigenvalue weighted by molar-refractivity contribution is 5.80. The first-order valence-corrected chi connectivity index (χ1v) is 10.7. The maximum Gasteiger partial charge on any atom is 0.329 e. The number of hydrogen-bond donors (Lipinski definition) is 1. The number of hydrogen-bond acceptors (Lipinski definition) is 4. The quantitative estimate of drug-likeness (QED) is 0.461. The van der Waals surface area contributed by atoms with Crippen molar-refractivity contribution < 1.29 is 0 Å². The smallest absolute Gasteiger partial charge is 0.294 e. The van der Waals surface area contributed by atoms with E-state index in [1.165, 1.54) is 0 Å². The van der Waals surface area contributed by atoms with Crippen molar-refractivity contribution in [2.24, 2.45) is 0 Å². The van der Waals surface area contributed by atoms with Gasteiger partial charge >= 0.3 is 5.69 Å². The number of tetrazole rings is 1. The molecule has 0 atom stereocenters. The summed E-state index contributed by atoms with van der Waals surface area (Å²) in [7, 11) is 0. The first kappa shape index (κ1) is 21.5. The Kier molecular flexibility index (Phi) is 5.90. The maximum atomic E-state index is 13.1. The monoisotopic (exact) mass is 428 g/mol. The standard InChI is InChI=1S/C25H28N6O/c1-5-6-9-20-17-31(25(2,3)4)24(32)30(20)16-18-12-14-19(15-13-18)21-10-7-8-11-22(21)23-26-28-29-27-23/h5-8,10-15,17H,9,16H2,1-4H3,(H,26,27,28,29). The Bertz CT molecular complexity index is 1270. The summed E-state index contributed by atoms with van der Waals surface area (Å²) in [4.78, 5) is 13.1. The fourth-order valence-corrected chi connectivity index (χ4v) is 3.76. The second-order valence-corrected chi connectivity index (χ2v) is 8.80. The summed E-state index contributed by atoms with van der Waals surface area (Å²) in [5, 5.41) is 14.3. The van der Waals surface area contributed by atoms with E-state index in [0.29, 0.717) is 12.4 Å². The summed E-state index contributed by atoms with van der Waals surface area (Å²) in [6, 6.07) is 16.3. The highest BCUT2D eigenvalue weighted by atomic mass is 16.1. The lowest BCUT2D eigenvalue weighted by molar-refractivity contribution is 0.380. The molecule has 0 amide bonds. The van der Waals surface area contributed by atoms with Gasteiger partial charge in [-0.1, -0.05) is 60.7 Å². The van der Waals surface area contributed by atoms with Crippen LogP contribution in [0.2, 0.25) is 0 Å². The van der Waals surface area contributed by atoms with Crippen molar-refractivity contribution in [2.45, 2.75) is 46.2 Å². The number of H-pyrrole nitrogens is 1. The van der Waals surface area contributed by atoms with Crippen LogP contribution in [0.25, 0.3) is 22.5 Å². The molecule has 0 spiro atoms. The predicted octanol–water partition coefficient (Wildman–Crippen LogP) is 4.42. The molecule has 4 aromatic rings. The van der Waals surface area contributed by atoms with Gasteiger partial charge in [0.2, 0.25) is 0 Å². The zero-order valence-electron chi connectivity index (χ0n) is 18.9. The fraction of sp³-hybridized carbons (Fsp3) is 0.280. The normalized spacial score (nSPS) is 12.0. The van der Waals surface area contributed by atoms with E-state index in [1.54, 1.807) is 0 Å². The third kappa shape index (κ3) is 4.32. The zero-order chi connectivity index (χ0) is 22.7. The van der Waals surface area contributed by atoms with Gasteiger partial charge in [-0.2, -0.15) is 0 Å². The first-order valence-electron chi connectivity index (χ1n) is 10.7. The van der Waals surface area contributed by atoms with Crippen LogP contribution < -0.4 is 5.69 Å². The number of benzene rings is 2. The predicted molar refractivity (Wildman–Crippen MR) is 126 cm³/mol. The molecule has 0 aliphatic heterocycles. The van der Waals surface area contributed by atoms with Crippen molar-refractivity contribution in [1.29, 1.82) is 0 Å². The van der Waals surface area contributed by atoms with Crippen LogP contribution in [0.3, 0.4) is 0 Å². The van der Waals surface area contributed by atoms with Gasteiger partial charge in [0.05, 0.1) is 6.54 Å². The molecule has 32 heavy (non-hydrogen) atoms. The molecule has 0 radical (unpaired) electrons. The molecule has 0 saturated heterocycles. The molecule has 7 nitrogen and oxygen atoms in total. The molecule has 2 aromatic carbocycles. The lowest BCUT2D eigenvalue weighted by Crippen LogP contribution is -2.34. The van der Waals surface area contributed by atoms with Crippen LogP contribution in [-0.2, 0) is 18.5 Å². The van der Waals surface area contributed by atoms with Gasteiger partial charge in [0.25, 0.3) is 0 Å². The van der Waals surface area contributed by atoms with Gasteiger partial charge in [0.1, 0.15) is 0 Å². The summed E-state index contributed by atoms with van der Waals surface area (Å²) in [6.07, 6.45) is 6.81. The molecule has 2 heterocycles.